The largest absolute Gasteiger partial charge is 0.497 e. The van der Waals surface area contributed by atoms with Crippen molar-refractivity contribution in [2.45, 2.75) is 43.6 Å². The Kier molecular flexibility index (Phi) is 5.16. The van der Waals surface area contributed by atoms with Crippen LogP contribution in [-0.2, 0) is 9.53 Å². The molecule has 6 nitrogen and oxygen atoms in total. The molecule has 0 aromatic heterocycles. The van der Waals surface area contributed by atoms with Crippen molar-refractivity contribution >= 4 is 12.0 Å². The summed E-state index contributed by atoms with van der Waals surface area (Å²) >= 11 is 0. The Balaban J connectivity index is 1.69. The number of methoxy groups -OCH3 is 2. The molecule has 0 unspecified atom stereocenters. The maximum atomic E-state index is 13.1. The van der Waals surface area contributed by atoms with Crippen LogP contribution in [0.25, 0.3) is 0 Å². The standard InChI is InChI=1S/C19H26N2O4/c1-24-16-7-5-14(6-8-16)15-9-12-21(13-15)17(22)19(10-3-4-11-19)20-18(23)25-2/h5-8,15H,3-4,9-13H2,1-2H3,(H,20,23)/t15-/m0/s1. The second-order valence-electron chi connectivity index (χ2n) is 6.92. The van der Waals surface area contributed by atoms with Gasteiger partial charge in [-0.05, 0) is 37.0 Å². The summed E-state index contributed by atoms with van der Waals surface area (Å²) < 4.78 is 9.93. The second kappa shape index (κ2) is 7.33. The molecule has 1 aliphatic carbocycles. The van der Waals surface area contributed by atoms with Crippen LogP contribution < -0.4 is 10.1 Å². The molecule has 2 amide bonds. The molecule has 1 aromatic carbocycles. The van der Waals surface area contributed by atoms with Gasteiger partial charge in [-0.15, -0.1) is 0 Å². The number of nitrogens with zero attached hydrogens (tertiary/aromatic N) is 1. The zero-order valence-electron chi connectivity index (χ0n) is 14.9. The Morgan fingerprint density at radius 1 is 1.16 bits per heavy atom. The maximum Gasteiger partial charge on any atom is 0.407 e. The highest BCUT2D eigenvalue weighted by molar-refractivity contribution is 5.90. The van der Waals surface area contributed by atoms with E-state index in [1.54, 1.807) is 7.11 Å². The average molecular weight is 346 g/mol. The molecule has 1 aromatic rings. The fourth-order valence-corrected chi connectivity index (χ4v) is 4.01. The van der Waals surface area contributed by atoms with Crippen LogP contribution in [0.15, 0.2) is 24.3 Å². The minimum atomic E-state index is -0.790. The minimum Gasteiger partial charge on any atom is -0.497 e. The van der Waals surface area contributed by atoms with Gasteiger partial charge >= 0.3 is 6.09 Å². The number of alkyl carbamates (subject to hydrolysis) is 1. The van der Waals surface area contributed by atoms with Crippen molar-refractivity contribution in [3.63, 3.8) is 0 Å². The van der Waals surface area contributed by atoms with Gasteiger partial charge in [0.05, 0.1) is 14.2 Å². The number of hydrogen-bond donors (Lipinski definition) is 1. The average Bonchev–Trinajstić information content (AvgIpc) is 3.31. The van der Waals surface area contributed by atoms with Crippen LogP contribution in [0.3, 0.4) is 0 Å². The SMILES string of the molecule is COC(=O)NC1(C(=O)N2CC[C@H](c3ccc(OC)cc3)C2)CCCC1. The van der Waals surface area contributed by atoms with Gasteiger partial charge in [-0.25, -0.2) is 4.79 Å². The van der Waals surface area contributed by atoms with Gasteiger partial charge in [0.25, 0.3) is 0 Å². The third kappa shape index (κ3) is 3.57. The van der Waals surface area contributed by atoms with Crippen LogP contribution in [0.1, 0.15) is 43.6 Å². The molecule has 1 saturated heterocycles. The topological polar surface area (TPSA) is 67.9 Å². The Bertz CT molecular complexity index is 623. The van der Waals surface area contributed by atoms with Gasteiger partial charge in [-0.3, -0.25) is 4.79 Å². The summed E-state index contributed by atoms with van der Waals surface area (Å²) in [5, 5.41) is 2.82. The molecule has 0 spiro atoms. The third-order valence-electron chi connectivity index (χ3n) is 5.46. The van der Waals surface area contributed by atoms with Crippen molar-refractivity contribution in [3.8, 4) is 5.75 Å². The monoisotopic (exact) mass is 346 g/mol. The van der Waals surface area contributed by atoms with Crippen LogP contribution >= 0.6 is 0 Å². The summed E-state index contributed by atoms with van der Waals surface area (Å²) in [5.74, 6) is 1.19. The van der Waals surface area contributed by atoms with Gasteiger partial charge in [-0.2, -0.15) is 0 Å². The lowest BCUT2D eigenvalue weighted by Gasteiger charge is -2.32. The van der Waals surface area contributed by atoms with Crippen LogP contribution in [0.5, 0.6) is 5.75 Å². The summed E-state index contributed by atoms with van der Waals surface area (Å²) in [4.78, 5) is 26.8. The van der Waals surface area contributed by atoms with Crippen molar-refractivity contribution in [2.24, 2.45) is 0 Å². The molecule has 25 heavy (non-hydrogen) atoms. The zero-order chi connectivity index (χ0) is 17.9. The Labute approximate surface area is 148 Å². The van der Waals surface area contributed by atoms with Gasteiger partial charge in [0.2, 0.25) is 5.91 Å². The Morgan fingerprint density at radius 2 is 1.84 bits per heavy atom. The normalized spacial score (nSPS) is 21.8. The van der Waals surface area contributed by atoms with Crippen LogP contribution in [0.4, 0.5) is 4.79 Å². The van der Waals surface area contributed by atoms with Gasteiger partial charge in [0.15, 0.2) is 0 Å². The van der Waals surface area contributed by atoms with Crippen LogP contribution in [0, 0.1) is 0 Å². The van der Waals surface area contributed by atoms with Crippen molar-refractivity contribution in [2.75, 3.05) is 27.3 Å². The number of likely N-dealkylation sites (tertiary alicyclic amines) is 1. The number of rotatable bonds is 4. The second-order valence-corrected chi connectivity index (χ2v) is 6.92. The van der Waals surface area contributed by atoms with E-state index in [-0.39, 0.29) is 5.91 Å². The Morgan fingerprint density at radius 3 is 2.44 bits per heavy atom. The molecular weight excluding hydrogens is 320 g/mol. The first-order valence-electron chi connectivity index (χ1n) is 8.87. The van der Waals surface area contributed by atoms with E-state index in [9.17, 15) is 9.59 Å². The van der Waals surface area contributed by atoms with Crippen LogP contribution in [-0.4, -0.2) is 49.7 Å². The lowest BCUT2D eigenvalue weighted by Crippen LogP contribution is -2.57. The number of carbonyl (C=O) groups excluding carboxylic acids is 2. The van der Waals surface area contributed by atoms with E-state index in [1.807, 2.05) is 17.0 Å². The number of carbonyl (C=O) groups is 2. The molecule has 1 N–H and O–H groups in total. The summed E-state index contributed by atoms with van der Waals surface area (Å²) in [6, 6.07) is 8.04. The van der Waals surface area contributed by atoms with E-state index in [0.29, 0.717) is 25.3 Å². The number of benzene rings is 1. The highest BCUT2D eigenvalue weighted by Gasteiger charge is 2.46. The molecule has 1 atom stereocenters. The van der Waals surface area contributed by atoms with E-state index in [4.69, 9.17) is 9.47 Å². The van der Waals surface area contributed by atoms with E-state index in [1.165, 1.54) is 12.7 Å². The summed E-state index contributed by atoms with van der Waals surface area (Å²) in [6.45, 7) is 1.41. The number of amides is 2. The zero-order valence-corrected chi connectivity index (χ0v) is 14.9. The van der Waals surface area contributed by atoms with Crippen molar-refractivity contribution in [3.05, 3.63) is 29.8 Å². The first kappa shape index (κ1) is 17.6. The van der Waals surface area contributed by atoms with Crippen molar-refractivity contribution in [1.82, 2.24) is 10.2 Å². The molecule has 1 saturated carbocycles. The van der Waals surface area contributed by atoms with E-state index >= 15 is 0 Å². The number of hydrogen-bond acceptors (Lipinski definition) is 4. The third-order valence-corrected chi connectivity index (χ3v) is 5.46. The summed E-state index contributed by atoms with van der Waals surface area (Å²) in [7, 11) is 2.98. The maximum absolute atomic E-state index is 13.1. The highest BCUT2D eigenvalue weighted by atomic mass is 16.5. The summed E-state index contributed by atoms with van der Waals surface area (Å²) in [5.41, 5.74) is 0.430. The smallest absolute Gasteiger partial charge is 0.407 e. The molecule has 3 rings (SSSR count). The molecule has 2 fully saturated rings. The molecule has 1 aliphatic heterocycles. The Hall–Kier alpha value is -2.24. The van der Waals surface area contributed by atoms with Gasteiger partial charge < -0.3 is 19.7 Å². The first-order chi connectivity index (χ1) is 12.1. The van der Waals surface area contributed by atoms with E-state index in [0.717, 1.165) is 31.6 Å². The predicted octanol–water partition coefficient (Wildman–Crippen LogP) is 2.68. The minimum absolute atomic E-state index is 0.0337. The van der Waals surface area contributed by atoms with E-state index < -0.39 is 11.6 Å². The van der Waals surface area contributed by atoms with E-state index in [2.05, 4.69) is 17.4 Å². The fourth-order valence-electron chi connectivity index (χ4n) is 4.01. The van der Waals surface area contributed by atoms with Crippen molar-refractivity contribution in [1.29, 1.82) is 0 Å². The van der Waals surface area contributed by atoms with Crippen molar-refractivity contribution < 1.29 is 19.1 Å². The lowest BCUT2D eigenvalue weighted by atomic mass is 9.95. The van der Waals surface area contributed by atoms with Gasteiger partial charge in [0, 0.05) is 19.0 Å². The molecule has 2 aliphatic rings. The molecule has 6 heteroatoms. The predicted molar refractivity (Wildman–Crippen MR) is 93.7 cm³/mol. The van der Waals surface area contributed by atoms with Gasteiger partial charge in [0.1, 0.15) is 11.3 Å². The quantitative estimate of drug-likeness (QED) is 0.910. The molecular formula is C19H26N2O4. The number of ether oxygens (including phenoxy) is 2. The number of nitrogens with one attached hydrogen (secondary N) is 1. The molecule has 0 bridgehead atoms. The molecule has 136 valence electrons. The molecule has 1 heterocycles. The molecule has 0 radical (unpaired) electrons. The van der Waals surface area contributed by atoms with Gasteiger partial charge in [-0.1, -0.05) is 25.0 Å². The lowest BCUT2D eigenvalue weighted by molar-refractivity contribution is -0.137. The highest BCUT2D eigenvalue weighted by Crippen LogP contribution is 2.35. The fraction of sp³-hybridized carbons (Fsp3) is 0.579. The van der Waals surface area contributed by atoms with Crippen LogP contribution in [0.2, 0.25) is 0 Å². The summed E-state index contributed by atoms with van der Waals surface area (Å²) in [6.07, 6.45) is 3.68. The first-order valence-corrected chi connectivity index (χ1v) is 8.87.